The number of anilines is 1. The number of nitrogens with two attached hydrogens (primary N) is 1. The summed E-state index contributed by atoms with van der Waals surface area (Å²) in [5, 5.41) is 9.12. The molecule has 0 unspecified atom stereocenters. The van der Waals surface area contributed by atoms with Crippen LogP contribution in [0.5, 0.6) is 5.75 Å². The van der Waals surface area contributed by atoms with E-state index >= 15 is 0 Å². The van der Waals surface area contributed by atoms with Crippen LogP contribution >= 0.6 is 0 Å². The Morgan fingerprint density at radius 3 is 2.65 bits per heavy atom. The quantitative estimate of drug-likeness (QED) is 0.492. The molecule has 2 aromatic heterocycles. The van der Waals surface area contributed by atoms with E-state index in [1.54, 1.807) is 30.6 Å². The van der Waals surface area contributed by atoms with Gasteiger partial charge in [-0.05, 0) is 43.2 Å². The van der Waals surface area contributed by atoms with Crippen molar-refractivity contribution in [3.8, 4) is 34.3 Å². The van der Waals surface area contributed by atoms with Crippen LogP contribution in [-0.2, 0) is 0 Å². The lowest BCUT2D eigenvalue weighted by Gasteiger charge is -2.31. The van der Waals surface area contributed by atoms with Crippen molar-refractivity contribution < 1.29 is 13.5 Å². The van der Waals surface area contributed by atoms with E-state index in [4.69, 9.17) is 20.7 Å². The summed E-state index contributed by atoms with van der Waals surface area (Å²) < 4.78 is 36.1. The van der Waals surface area contributed by atoms with Crippen LogP contribution in [0.1, 0.15) is 18.4 Å². The maximum Gasteiger partial charge on any atom is 0.181 e. The largest absolute Gasteiger partial charge is 0.494 e. The average molecular weight is 460 g/mol. The minimum atomic E-state index is -0.649. The minimum Gasteiger partial charge on any atom is -0.494 e. The summed E-state index contributed by atoms with van der Waals surface area (Å²) in [6, 6.07) is 10.8. The number of nitrogens with zero attached hydrogens (tertiary/aromatic N) is 5. The summed E-state index contributed by atoms with van der Waals surface area (Å²) in [4.78, 5) is 11.5. The molecule has 0 aliphatic carbocycles. The number of imidazole rings is 1. The minimum absolute atomic E-state index is 0.0352. The molecule has 1 saturated heterocycles. The van der Waals surface area contributed by atoms with Gasteiger partial charge < -0.3 is 15.4 Å². The molecule has 0 spiro atoms. The van der Waals surface area contributed by atoms with Crippen LogP contribution in [0.3, 0.4) is 0 Å². The van der Waals surface area contributed by atoms with E-state index in [1.165, 1.54) is 25.3 Å². The van der Waals surface area contributed by atoms with Crippen molar-refractivity contribution in [3.63, 3.8) is 0 Å². The van der Waals surface area contributed by atoms with Crippen LogP contribution in [0.2, 0.25) is 0 Å². The van der Waals surface area contributed by atoms with E-state index in [1.807, 2.05) is 10.5 Å². The van der Waals surface area contributed by atoms with Gasteiger partial charge in [-0.2, -0.15) is 5.26 Å². The van der Waals surface area contributed by atoms with Crippen LogP contribution in [0.15, 0.2) is 48.8 Å². The van der Waals surface area contributed by atoms with Crippen LogP contribution in [0.25, 0.3) is 28.2 Å². The van der Waals surface area contributed by atoms with Gasteiger partial charge in [0.25, 0.3) is 0 Å². The molecule has 2 N–H and O–H groups in total. The van der Waals surface area contributed by atoms with Gasteiger partial charge in [0.1, 0.15) is 11.9 Å². The second-order valence-corrected chi connectivity index (χ2v) is 8.26. The first-order valence-corrected chi connectivity index (χ1v) is 10.9. The number of piperidine rings is 1. The lowest BCUT2D eigenvalue weighted by Crippen LogP contribution is -2.43. The Hall–Kier alpha value is -4.03. The number of nitriles is 1. The molecule has 0 bridgehead atoms. The Bertz CT molecular complexity index is 1430. The Labute approximate surface area is 195 Å². The molecule has 4 aromatic rings. The van der Waals surface area contributed by atoms with E-state index in [0.717, 1.165) is 19.4 Å². The summed E-state index contributed by atoms with van der Waals surface area (Å²) >= 11 is 0. The predicted molar refractivity (Wildman–Crippen MR) is 124 cm³/mol. The SMILES string of the molecule is COc1ccc(-c2c(-c3ccc(C#N)c(F)c3)nc3c(N4CCC[C@@H](N)C4)nccn23)cc1F. The van der Waals surface area contributed by atoms with Gasteiger partial charge in [-0.1, -0.05) is 6.07 Å². The second kappa shape index (κ2) is 8.72. The molecule has 0 saturated carbocycles. The Balaban J connectivity index is 1.76. The molecule has 34 heavy (non-hydrogen) atoms. The Morgan fingerprint density at radius 2 is 1.94 bits per heavy atom. The first kappa shape index (κ1) is 21.8. The number of halogens is 2. The van der Waals surface area contributed by atoms with Crippen molar-refractivity contribution in [1.29, 1.82) is 5.26 Å². The Morgan fingerprint density at radius 1 is 1.15 bits per heavy atom. The molecule has 1 fully saturated rings. The molecule has 0 amide bonds. The molecule has 1 aliphatic rings. The van der Waals surface area contributed by atoms with E-state index in [2.05, 4.69) is 9.88 Å². The summed E-state index contributed by atoms with van der Waals surface area (Å²) in [7, 11) is 1.40. The van der Waals surface area contributed by atoms with E-state index in [9.17, 15) is 8.78 Å². The summed E-state index contributed by atoms with van der Waals surface area (Å²) in [6.07, 6.45) is 5.29. The first-order valence-electron chi connectivity index (χ1n) is 10.9. The number of ether oxygens (including phenoxy) is 1. The third-order valence-corrected chi connectivity index (χ3v) is 6.07. The molecule has 7 nitrogen and oxygen atoms in total. The van der Waals surface area contributed by atoms with E-state index in [-0.39, 0.29) is 17.4 Å². The van der Waals surface area contributed by atoms with Crippen molar-refractivity contribution in [3.05, 3.63) is 66.0 Å². The monoisotopic (exact) mass is 460 g/mol. The van der Waals surface area contributed by atoms with Gasteiger partial charge >= 0.3 is 0 Å². The zero-order valence-corrected chi connectivity index (χ0v) is 18.5. The molecular weight excluding hydrogens is 438 g/mol. The predicted octanol–water partition coefficient (Wildman–Crippen LogP) is 4.15. The van der Waals surface area contributed by atoms with Crippen LogP contribution in [-0.4, -0.2) is 40.6 Å². The third kappa shape index (κ3) is 3.72. The lowest BCUT2D eigenvalue weighted by molar-refractivity contribution is 0.386. The fraction of sp³-hybridized carbons (Fsp3) is 0.240. The molecule has 2 aromatic carbocycles. The van der Waals surface area contributed by atoms with Crippen molar-refractivity contribution in [2.75, 3.05) is 25.1 Å². The zero-order valence-electron chi connectivity index (χ0n) is 18.5. The molecule has 172 valence electrons. The summed E-state index contributed by atoms with van der Waals surface area (Å²) in [5.41, 5.74) is 8.72. The van der Waals surface area contributed by atoms with Crippen LogP contribution in [0, 0.1) is 23.0 Å². The second-order valence-electron chi connectivity index (χ2n) is 8.26. The topological polar surface area (TPSA) is 92.5 Å². The number of rotatable bonds is 4. The van der Waals surface area contributed by atoms with Gasteiger partial charge in [-0.25, -0.2) is 18.7 Å². The van der Waals surface area contributed by atoms with Crippen molar-refractivity contribution in [1.82, 2.24) is 14.4 Å². The third-order valence-electron chi connectivity index (χ3n) is 6.07. The van der Waals surface area contributed by atoms with Crippen LogP contribution in [0.4, 0.5) is 14.6 Å². The van der Waals surface area contributed by atoms with Gasteiger partial charge in [0, 0.05) is 42.7 Å². The fourth-order valence-electron chi connectivity index (χ4n) is 4.43. The first-order chi connectivity index (χ1) is 16.5. The van der Waals surface area contributed by atoms with Gasteiger partial charge in [0.2, 0.25) is 0 Å². The number of fused-ring (bicyclic) bond motifs is 1. The number of hydrogen-bond donors (Lipinski definition) is 1. The maximum absolute atomic E-state index is 14.7. The highest BCUT2D eigenvalue weighted by Gasteiger charge is 2.25. The highest BCUT2D eigenvalue weighted by Crippen LogP contribution is 2.37. The smallest absolute Gasteiger partial charge is 0.181 e. The fourth-order valence-corrected chi connectivity index (χ4v) is 4.43. The number of aromatic nitrogens is 3. The van der Waals surface area contributed by atoms with Crippen molar-refractivity contribution in [2.24, 2.45) is 5.73 Å². The van der Waals surface area contributed by atoms with Gasteiger partial charge in [0.15, 0.2) is 23.0 Å². The lowest BCUT2D eigenvalue weighted by atomic mass is 10.0. The molecule has 0 radical (unpaired) electrons. The maximum atomic E-state index is 14.7. The average Bonchev–Trinajstić information content (AvgIpc) is 3.23. The van der Waals surface area contributed by atoms with Crippen molar-refractivity contribution >= 4 is 11.5 Å². The summed E-state index contributed by atoms with van der Waals surface area (Å²) in [5.74, 6) is -0.395. The molecule has 1 atom stereocenters. The number of benzene rings is 2. The Kier molecular flexibility index (Phi) is 5.59. The molecule has 3 heterocycles. The van der Waals surface area contributed by atoms with Crippen LogP contribution < -0.4 is 15.4 Å². The zero-order chi connectivity index (χ0) is 23.8. The van der Waals surface area contributed by atoms with Crippen molar-refractivity contribution in [2.45, 2.75) is 18.9 Å². The van der Waals surface area contributed by atoms with Gasteiger partial charge in [-0.15, -0.1) is 0 Å². The number of methoxy groups -OCH3 is 1. The number of hydrogen-bond acceptors (Lipinski definition) is 6. The molecule has 5 rings (SSSR count). The highest BCUT2D eigenvalue weighted by atomic mass is 19.1. The van der Waals surface area contributed by atoms with E-state index < -0.39 is 11.6 Å². The normalized spacial score (nSPS) is 16.0. The molecular formula is C25H22F2N6O. The highest BCUT2D eigenvalue weighted by molar-refractivity contribution is 5.85. The van der Waals surface area contributed by atoms with Gasteiger partial charge in [0.05, 0.1) is 24.1 Å². The standard InChI is InChI=1S/C25H22F2N6O/c1-34-21-7-6-16(12-20(21)27)23-22(15-4-5-17(13-28)19(26)11-15)31-25-24(30-8-10-33(23)25)32-9-2-3-18(29)14-32/h4-8,10-12,18H,2-3,9,14,29H2,1H3/t18-/m1/s1. The summed E-state index contributed by atoms with van der Waals surface area (Å²) in [6.45, 7) is 1.44. The molecule has 9 heteroatoms. The van der Waals surface area contributed by atoms with Gasteiger partial charge in [-0.3, -0.25) is 4.40 Å². The molecule has 1 aliphatic heterocycles. The van der Waals surface area contributed by atoms with E-state index in [0.29, 0.717) is 40.5 Å².